The molecule has 0 spiro atoms. The standard InChI is InChI=1S/C34H33N5O6S/c1-22(40)36-14-16-37(17-15-36)29(41)19-38-30(42)20-46-33(24-8-13-27-28(18-24)45-21-44-27)31-32(23-6-4-3-5-7-23)35-39(34(31)38)25-9-11-26(43-2)12-10-25/h3-13,18,33H,14-17,19-21H2,1-2H3/t33-/m0/s1. The average Bonchev–Trinajstić information content (AvgIpc) is 3.69. The first-order valence-electron chi connectivity index (χ1n) is 15.1. The summed E-state index contributed by atoms with van der Waals surface area (Å²) in [6.45, 7) is 3.28. The summed E-state index contributed by atoms with van der Waals surface area (Å²) in [6, 6.07) is 23.2. The van der Waals surface area contributed by atoms with Crippen molar-refractivity contribution >= 4 is 35.3 Å². The summed E-state index contributed by atoms with van der Waals surface area (Å²) < 4.78 is 18.5. The fraction of sp³-hybridized carbons (Fsp3) is 0.294. The first-order chi connectivity index (χ1) is 22.4. The zero-order valence-electron chi connectivity index (χ0n) is 25.5. The van der Waals surface area contributed by atoms with Crippen LogP contribution in [0.25, 0.3) is 16.9 Å². The Morgan fingerprint density at radius 1 is 0.935 bits per heavy atom. The number of aromatic nitrogens is 2. The van der Waals surface area contributed by atoms with Gasteiger partial charge < -0.3 is 24.0 Å². The molecule has 11 nitrogen and oxygen atoms in total. The minimum absolute atomic E-state index is 0.0112. The van der Waals surface area contributed by atoms with E-state index in [1.807, 2.05) is 72.8 Å². The monoisotopic (exact) mass is 639 g/mol. The van der Waals surface area contributed by atoms with E-state index >= 15 is 0 Å². The SMILES string of the molecule is COc1ccc(-n2nc(-c3ccccc3)c3c2N(CC(=O)N2CCN(C(C)=O)CC2)C(=O)CS[C@H]3c2ccc3c(c2)OCO3)cc1. The van der Waals surface area contributed by atoms with Gasteiger partial charge in [0.05, 0.1) is 29.5 Å². The summed E-state index contributed by atoms with van der Waals surface area (Å²) in [5.74, 6) is 2.31. The predicted octanol–water partition coefficient (Wildman–Crippen LogP) is 4.14. The molecule has 0 aliphatic carbocycles. The lowest BCUT2D eigenvalue weighted by molar-refractivity contribution is -0.137. The van der Waals surface area contributed by atoms with Crippen LogP contribution < -0.4 is 19.1 Å². The molecule has 3 aromatic carbocycles. The second-order valence-electron chi connectivity index (χ2n) is 11.2. The zero-order valence-corrected chi connectivity index (χ0v) is 26.4. The van der Waals surface area contributed by atoms with Gasteiger partial charge in [-0.3, -0.25) is 19.3 Å². The summed E-state index contributed by atoms with van der Waals surface area (Å²) in [4.78, 5) is 44.9. The Balaban J connectivity index is 1.38. The van der Waals surface area contributed by atoms with Gasteiger partial charge in [-0.25, -0.2) is 4.68 Å². The smallest absolute Gasteiger partial charge is 0.242 e. The van der Waals surface area contributed by atoms with Crippen molar-refractivity contribution in [2.75, 3.05) is 57.3 Å². The van der Waals surface area contributed by atoms with Crippen LogP contribution in [-0.4, -0.2) is 89.7 Å². The van der Waals surface area contributed by atoms with Crippen molar-refractivity contribution in [2.24, 2.45) is 0 Å². The van der Waals surface area contributed by atoms with Crippen LogP contribution in [0.1, 0.15) is 23.3 Å². The average molecular weight is 640 g/mol. The van der Waals surface area contributed by atoms with Crippen molar-refractivity contribution in [3.05, 3.63) is 83.9 Å². The second kappa shape index (κ2) is 12.4. The molecule has 1 atom stereocenters. The van der Waals surface area contributed by atoms with Crippen molar-refractivity contribution < 1.29 is 28.6 Å². The Morgan fingerprint density at radius 2 is 1.65 bits per heavy atom. The maximum absolute atomic E-state index is 14.1. The molecule has 0 bridgehead atoms. The Labute approximate surface area is 270 Å². The Hall–Kier alpha value is -4.97. The minimum Gasteiger partial charge on any atom is -0.497 e. The topological polar surface area (TPSA) is 106 Å². The maximum Gasteiger partial charge on any atom is 0.242 e. The number of nitrogens with zero attached hydrogens (tertiary/aromatic N) is 5. The van der Waals surface area contributed by atoms with Gasteiger partial charge in [-0.2, -0.15) is 5.10 Å². The van der Waals surface area contributed by atoms with Gasteiger partial charge in [0.1, 0.15) is 18.1 Å². The summed E-state index contributed by atoms with van der Waals surface area (Å²) in [6.07, 6.45) is 0. The number of carbonyl (C=O) groups excluding carboxylic acids is 3. The lowest BCUT2D eigenvalue weighted by atomic mass is 9.99. The predicted molar refractivity (Wildman–Crippen MR) is 174 cm³/mol. The van der Waals surface area contributed by atoms with E-state index in [9.17, 15) is 14.4 Å². The highest BCUT2D eigenvalue weighted by Crippen LogP contribution is 2.50. The molecular weight excluding hydrogens is 606 g/mol. The Morgan fingerprint density at radius 3 is 2.37 bits per heavy atom. The first-order valence-corrected chi connectivity index (χ1v) is 16.1. The van der Waals surface area contributed by atoms with Crippen molar-refractivity contribution in [2.45, 2.75) is 12.2 Å². The van der Waals surface area contributed by atoms with Gasteiger partial charge in [0, 0.05) is 44.2 Å². The van der Waals surface area contributed by atoms with E-state index in [0.717, 1.165) is 22.4 Å². The molecule has 0 radical (unpaired) electrons. The molecule has 46 heavy (non-hydrogen) atoms. The molecule has 3 aliphatic heterocycles. The summed E-state index contributed by atoms with van der Waals surface area (Å²) in [5.41, 5.74) is 4.08. The van der Waals surface area contributed by atoms with Crippen molar-refractivity contribution in [3.8, 4) is 34.2 Å². The number of methoxy groups -OCH3 is 1. The molecule has 12 heteroatoms. The summed E-state index contributed by atoms with van der Waals surface area (Å²) in [5, 5.41) is 4.84. The van der Waals surface area contributed by atoms with Gasteiger partial charge in [-0.1, -0.05) is 36.4 Å². The lowest BCUT2D eigenvalue weighted by Gasteiger charge is -2.35. The lowest BCUT2D eigenvalue weighted by Crippen LogP contribution is -2.53. The van der Waals surface area contributed by atoms with E-state index in [1.165, 1.54) is 18.7 Å². The molecule has 0 unspecified atom stereocenters. The van der Waals surface area contributed by atoms with Gasteiger partial charge >= 0.3 is 0 Å². The highest BCUT2D eigenvalue weighted by Gasteiger charge is 2.39. The normalized spacial score (nSPS) is 17.5. The van der Waals surface area contributed by atoms with Crippen LogP contribution in [0.2, 0.25) is 0 Å². The molecule has 1 aromatic heterocycles. The number of hydrogen-bond donors (Lipinski definition) is 0. The van der Waals surface area contributed by atoms with E-state index < -0.39 is 0 Å². The van der Waals surface area contributed by atoms with E-state index in [-0.39, 0.29) is 42.1 Å². The van der Waals surface area contributed by atoms with Crippen molar-refractivity contribution in [1.29, 1.82) is 0 Å². The number of amides is 3. The second-order valence-corrected chi connectivity index (χ2v) is 12.3. The molecule has 236 valence electrons. The third-order valence-electron chi connectivity index (χ3n) is 8.52. The number of piperazine rings is 1. The van der Waals surface area contributed by atoms with Gasteiger partial charge in [0.25, 0.3) is 0 Å². The minimum atomic E-state index is -0.310. The summed E-state index contributed by atoms with van der Waals surface area (Å²) in [7, 11) is 1.61. The largest absolute Gasteiger partial charge is 0.497 e. The zero-order chi connectivity index (χ0) is 31.8. The van der Waals surface area contributed by atoms with Crippen LogP contribution in [0.4, 0.5) is 5.82 Å². The molecule has 4 heterocycles. The van der Waals surface area contributed by atoms with Gasteiger partial charge in [-0.05, 0) is 42.0 Å². The van der Waals surface area contributed by atoms with E-state index in [4.69, 9.17) is 19.3 Å². The third kappa shape index (κ3) is 5.53. The highest BCUT2D eigenvalue weighted by atomic mass is 32.2. The van der Waals surface area contributed by atoms with Crippen molar-refractivity contribution in [1.82, 2.24) is 19.6 Å². The molecule has 3 aliphatic rings. The molecule has 4 aromatic rings. The molecule has 7 rings (SSSR count). The quantitative estimate of drug-likeness (QED) is 0.310. The van der Waals surface area contributed by atoms with Gasteiger partial charge in [0.2, 0.25) is 24.5 Å². The Bertz CT molecular complexity index is 1790. The number of carbonyl (C=O) groups is 3. The number of anilines is 1. The fourth-order valence-electron chi connectivity index (χ4n) is 6.08. The van der Waals surface area contributed by atoms with E-state index in [0.29, 0.717) is 54.9 Å². The number of rotatable bonds is 6. The van der Waals surface area contributed by atoms with Crippen LogP contribution in [0, 0.1) is 0 Å². The Kier molecular flexibility index (Phi) is 8.03. The van der Waals surface area contributed by atoms with Crippen LogP contribution in [0.3, 0.4) is 0 Å². The van der Waals surface area contributed by atoms with Crippen LogP contribution in [-0.2, 0) is 14.4 Å². The number of ether oxygens (including phenoxy) is 3. The number of hydrogen-bond acceptors (Lipinski definition) is 8. The molecule has 0 N–H and O–H groups in total. The third-order valence-corrected chi connectivity index (χ3v) is 9.78. The number of fused-ring (bicyclic) bond motifs is 2. The molecule has 1 fully saturated rings. The molecule has 1 saturated heterocycles. The number of benzene rings is 3. The van der Waals surface area contributed by atoms with Crippen LogP contribution >= 0.6 is 11.8 Å². The van der Waals surface area contributed by atoms with Gasteiger partial charge in [0.15, 0.2) is 11.5 Å². The molecular formula is C34H33N5O6S. The molecule has 0 saturated carbocycles. The maximum atomic E-state index is 14.1. The van der Waals surface area contributed by atoms with Crippen LogP contribution in [0.5, 0.6) is 17.2 Å². The van der Waals surface area contributed by atoms with Crippen LogP contribution in [0.15, 0.2) is 72.8 Å². The van der Waals surface area contributed by atoms with Gasteiger partial charge in [-0.15, -0.1) is 11.8 Å². The van der Waals surface area contributed by atoms with E-state index in [1.54, 1.807) is 26.5 Å². The molecule has 3 amide bonds. The van der Waals surface area contributed by atoms with E-state index in [2.05, 4.69) is 0 Å². The number of thioether (sulfide) groups is 1. The first kappa shape index (κ1) is 29.7. The highest BCUT2D eigenvalue weighted by molar-refractivity contribution is 8.00. The summed E-state index contributed by atoms with van der Waals surface area (Å²) >= 11 is 1.50. The fourth-order valence-corrected chi connectivity index (χ4v) is 7.27. The van der Waals surface area contributed by atoms with Crippen molar-refractivity contribution in [3.63, 3.8) is 0 Å².